The van der Waals surface area contributed by atoms with E-state index in [0.29, 0.717) is 39.1 Å². The van der Waals surface area contributed by atoms with Gasteiger partial charge in [0.1, 0.15) is 5.41 Å². The summed E-state index contributed by atoms with van der Waals surface area (Å²) in [6, 6.07) is 2.13. The fourth-order valence-corrected chi connectivity index (χ4v) is 2.41. The number of hydrogen-bond acceptors (Lipinski definition) is 4. The minimum absolute atomic E-state index is 0.0187. The molecule has 0 radical (unpaired) electrons. The maximum atomic E-state index is 12.5. The zero-order valence-electron chi connectivity index (χ0n) is 12.5. The van der Waals surface area contributed by atoms with Crippen molar-refractivity contribution >= 4 is 11.8 Å². The molecule has 1 aliphatic heterocycles. The molecule has 1 fully saturated rings. The predicted molar refractivity (Wildman–Crippen MR) is 73.7 cm³/mol. The van der Waals surface area contributed by atoms with Gasteiger partial charge in [-0.25, -0.2) is 0 Å². The summed E-state index contributed by atoms with van der Waals surface area (Å²) in [7, 11) is 1.58. The molecule has 1 aliphatic rings. The van der Waals surface area contributed by atoms with Crippen LogP contribution in [-0.4, -0.2) is 61.5 Å². The Kier molecular flexibility index (Phi) is 5.96. The third kappa shape index (κ3) is 3.48. The molecule has 0 spiro atoms. The van der Waals surface area contributed by atoms with Crippen molar-refractivity contribution in [3.63, 3.8) is 0 Å². The molecule has 6 nitrogen and oxygen atoms in total. The van der Waals surface area contributed by atoms with Crippen LogP contribution in [0.1, 0.15) is 26.7 Å². The van der Waals surface area contributed by atoms with Crippen LogP contribution in [0.3, 0.4) is 0 Å². The number of rotatable bonds is 5. The van der Waals surface area contributed by atoms with Gasteiger partial charge in [0.05, 0.1) is 12.6 Å². The highest BCUT2D eigenvalue weighted by Gasteiger charge is 2.42. The molecule has 0 aromatic carbocycles. The molecule has 6 heteroatoms. The number of nitrogens with zero attached hydrogens (tertiary/aromatic N) is 3. The number of amides is 2. The van der Waals surface area contributed by atoms with Crippen LogP contribution in [0.2, 0.25) is 0 Å². The lowest BCUT2D eigenvalue weighted by atomic mass is 9.80. The average molecular weight is 281 g/mol. The van der Waals surface area contributed by atoms with E-state index in [1.54, 1.807) is 11.9 Å². The number of carbonyl (C=O) groups excluding carboxylic acids is 2. The summed E-state index contributed by atoms with van der Waals surface area (Å²) in [6.07, 6.45) is 0.790. The van der Waals surface area contributed by atoms with E-state index in [1.807, 2.05) is 13.8 Å². The van der Waals surface area contributed by atoms with Crippen molar-refractivity contribution in [3.05, 3.63) is 0 Å². The van der Waals surface area contributed by atoms with Crippen LogP contribution in [0.25, 0.3) is 0 Å². The number of likely N-dealkylation sites (N-methyl/N-ethyl adjacent to an activating group) is 2. The molecule has 0 atom stereocenters. The van der Waals surface area contributed by atoms with Crippen molar-refractivity contribution in [3.8, 4) is 6.07 Å². The van der Waals surface area contributed by atoms with Crippen LogP contribution < -0.4 is 0 Å². The highest BCUT2D eigenvalue weighted by atomic mass is 16.5. The maximum Gasteiger partial charge on any atom is 0.243 e. The first-order valence-corrected chi connectivity index (χ1v) is 7.03. The summed E-state index contributed by atoms with van der Waals surface area (Å²) in [6.45, 7) is 5.89. The number of nitriles is 1. The van der Waals surface area contributed by atoms with Gasteiger partial charge in [-0.3, -0.25) is 9.59 Å². The summed E-state index contributed by atoms with van der Waals surface area (Å²) in [4.78, 5) is 27.5. The van der Waals surface area contributed by atoms with Crippen molar-refractivity contribution in [2.24, 2.45) is 5.41 Å². The van der Waals surface area contributed by atoms with E-state index in [-0.39, 0.29) is 18.4 Å². The van der Waals surface area contributed by atoms with Gasteiger partial charge in [0.2, 0.25) is 11.8 Å². The summed E-state index contributed by atoms with van der Waals surface area (Å²) in [5.74, 6) is -0.366. The first-order valence-electron chi connectivity index (χ1n) is 7.03. The molecular weight excluding hydrogens is 258 g/mol. The smallest absolute Gasteiger partial charge is 0.243 e. The molecule has 0 aromatic heterocycles. The highest BCUT2D eigenvalue weighted by molar-refractivity contribution is 5.89. The second-order valence-electron chi connectivity index (χ2n) is 5.03. The third-order valence-electron chi connectivity index (χ3n) is 3.81. The molecule has 1 saturated heterocycles. The van der Waals surface area contributed by atoms with E-state index in [0.717, 1.165) is 0 Å². The zero-order valence-corrected chi connectivity index (χ0v) is 12.5. The molecule has 0 aliphatic carbocycles. The van der Waals surface area contributed by atoms with E-state index >= 15 is 0 Å². The number of ether oxygens (including phenoxy) is 1. The monoisotopic (exact) mass is 281 g/mol. The standard InChI is InChI=1S/C14H23N3O3/c1-4-17(5-2)12(18)10-16(3)13(19)14(11-15)6-8-20-9-7-14/h4-10H2,1-3H3. The largest absolute Gasteiger partial charge is 0.381 e. The average Bonchev–Trinajstić information content (AvgIpc) is 2.48. The molecule has 0 bridgehead atoms. The van der Waals surface area contributed by atoms with Gasteiger partial charge in [-0.15, -0.1) is 0 Å². The Morgan fingerprint density at radius 3 is 2.25 bits per heavy atom. The van der Waals surface area contributed by atoms with Crippen molar-refractivity contribution < 1.29 is 14.3 Å². The minimum atomic E-state index is -1.03. The molecular formula is C14H23N3O3. The van der Waals surface area contributed by atoms with E-state index in [4.69, 9.17) is 4.74 Å². The molecule has 0 unspecified atom stereocenters. The Hall–Kier alpha value is -1.61. The Balaban J connectivity index is 2.71. The summed E-state index contributed by atoms with van der Waals surface area (Å²) >= 11 is 0. The van der Waals surface area contributed by atoms with Gasteiger partial charge in [0.15, 0.2) is 0 Å². The van der Waals surface area contributed by atoms with Crippen molar-refractivity contribution in [2.75, 3.05) is 39.9 Å². The van der Waals surface area contributed by atoms with E-state index in [9.17, 15) is 14.9 Å². The van der Waals surface area contributed by atoms with Crippen LogP contribution in [0.15, 0.2) is 0 Å². The van der Waals surface area contributed by atoms with E-state index in [1.165, 1.54) is 4.90 Å². The second kappa shape index (κ2) is 7.25. The molecule has 1 heterocycles. The van der Waals surface area contributed by atoms with Gasteiger partial charge in [0.25, 0.3) is 0 Å². The number of carbonyl (C=O) groups is 2. The number of hydrogen-bond donors (Lipinski definition) is 0. The Bertz CT molecular complexity index is 393. The lowest BCUT2D eigenvalue weighted by Gasteiger charge is -2.33. The van der Waals surface area contributed by atoms with Gasteiger partial charge in [-0.2, -0.15) is 5.26 Å². The van der Waals surface area contributed by atoms with E-state index in [2.05, 4.69) is 6.07 Å². The van der Waals surface area contributed by atoms with Crippen molar-refractivity contribution in [1.82, 2.24) is 9.80 Å². The van der Waals surface area contributed by atoms with Gasteiger partial charge in [-0.05, 0) is 26.7 Å². The molecule has 2 amide bonds. The summed E-state index contributed by atoms with van der Waals surface area (Å²) in [5, 5.41) is 9.35. The van der Waals surface area contributed by atoms with Gasteiger partial charge < -0.3 is 14.5 Å². The van der Waals surface area contributed by atoms with Crippen LogP contribution in [0.4, 0.5) is 0 Å². The van der Waals surface area contributed by atoms with E-state index < -0.39 is 5.41 Å². The van der Waals surface area contributed by atoms with Crippen LogP contribution in [-0.2, 0) is 14.3 Å². The molecule has 20 heavy (non-hydrogen) atoms. The maximum absolute atomic E-state index is 12.5. The second-order valence-corrected chi connectivity index (χ2v) is 5.03. The molecule has 112 valence electrons. The quantitative estimate of drug-likeness (QED) is 0.741. The van der Waals surface area contributed by atoms with Gasteiger partial charge >= 0.3 is 0 Å². The lowest BCUT2D eigenvalue weighted by molar-refractivity contribution is -0.146. The highest BCUT2D eigenvalue weighted by Crippen LogP contribution is 2.31. The molecule has 1 rings (SSSR count). The predicted octanol–water partition coefficient (Wildman–Crippen LogP) is 0.634. The Labute approximate surface area is 120 Å². The fraction of sp³-hybridized carbons (Fsp3) is 0.786. The van der Waals surface area contributed by atoms with Gasteiger partial charge in [-0.1, -0.05) is 0 Å². The van der Waals surface area contributed by atoms with Crippen LogP contribution in [0, 0.1) is 16.7 Å². The van der Waals surface area contributed by atoms with Crippen LogP contribution >= 0.6 is 0 Å². The van der Waals surface area contributed by atoms with Crippen molar-refractivity contribution in [2.45, 2.75) is 26.7 Å². The first-order chi connectivity index (χ1) is 9.50. The third-order valence-corrected chi connectivity index (χ3v) is 3.81. The first kappa shape index (κ1) is 16.4. The topological polar surface area (TPSA) is 73.6 Å². The van der Waals surface area contributed by atoms with Crippen LogP contribution in [0.5, 0.6) is 0 Å². The van der Waals surface area contributed by atoms with Gasteiger partial charge in [0, 0.05) is 33.4 Å². The summed E-state index contributed by atoms with van der Waals surface area (Å²) < 4.78 is 5.21. The molecule has 0 aromatic rings. The van der Waals surface area contributed by atoms with Crippen molar-refractivity contribution in [1.29, 1.82) is 5.26 Å². The SMILES string of the molecule is CCN(CC)C(=O)CN(C)C(=O)C1(C#N)CCOCC1. The normalized spacial score (nSPS) is 17.1. The minimum Gasteiger partial charge on any atom is -0.381 e. The Morgan fingerprint density at radius 2 is 1.80 bits per heavy atom. The molecule has 0 saturated carbocycles. The molecule has 0 N–H and O–H groups in total. The Morgan fingerprint density at radius 1 is 1.25 bits per heavy atom. The summed E-state index contributed by atoms with van der Waals surface area (Å²) in [5.41, 5.74) is -1.03. The lowest BCUT2D eigenvalue weighted by Crippen LogP contribution is -2.48. The fourth-order valence-electron chi connectivity index (χ4n) is 2.41. The zero-order chi connectivity index (χ0) is 15.2.